The maximum absolute atomic E-state index is 13.4. The molecule has 0 heterocycles. The molecule has 2 rings (SSSR count). The Hall–Kier alpha value is -2.29. The van der Waals surface area contributed by atoms with E-state index in [1.54, 1.807) is 36.4 Å². The van der Waals surface area contributed by atoms with Crippen LogP contribution in [0.4, 0.5) is 5.69 Å². The Morgan fingerprint density at radius 1 is 1.06 bits per heavy atom. The SMILES string of the molecule is CC[C@H](C(=O)NC(C)C)N(Cc1ccc(Cl)c(Cl)c1)C(=O)CCCN(c1cccc(C)c1)S(C)(=O)=O. The number of halogens is 2. The lowest BCUT2D eigenvalue weighted by molar-refractivity contribution is -0.141. The highest BCUT2D eigenvalue weighted by Crippen LogP contribution is 2.25. The van der Waals surface area contributed by atoms with E-state index in [4.69, 9.17) is 23.2 Å². The van der Waals surface area contributed by atoms with Gasteiger partial charge in [0, 0.05) is 25.6 Å². The van der Waals surface area contributed by atoms with Gasteiger partial charge in [0.2, 0.25) is 21.8 Å². The number of aryl methyl sites for hydroxylation is 1. The minimum absolute atomic E-state index is 0.0740. The zero-order valence-corrected chi connectivity index (χ0v) is 23.8. The van der Waals surface area contributed by atoms with Gasteiger partial charge in [-0.2, -0.15) is 0 Å². The van der Waals surface area contributed by atoms with E-state index in [9.17, 15) is 18.0 Å². The molecule has 0 radical (unpaired) electrons. The molecule has 7 nitrogen and oxygen atoms in total. The lowest BCUT2D eigenvalue weighted by Crippen LogP contribution is -2.50. The van der Waals surface area contributed by atoms with Gasteiger partial charge in [0.25, 0.3) is 0 Å². The Kier molecular flexibility index (Phi) is 11.1. The number of hydrogen-bond acceptors (Lipinski definition) is 4. The van der Waals surface area contributed by atoms with Crippen molar-refractivity contribution < 1.29 is 18.0 Å². The number of anilines is 1. The first-order valence-corrected chi connectivity index (χ1v) is 14.5. The van der Waals surface area contributed by atoms with Crippen molar-refractivity contribution >= 4 is 50.7 Å². The number of hydrogen-bond donors (Lipinski definition) is 1. The van der Waals surface area contributed by atoms with Crippen LogP contribution >= 0.6 is 23.2 Å². The molecule has 0 saturated carbocycles. The van der Waals surface area contributed by atoms with Crippen molar-refractivity contribution in [3.63, 3.8) is 0 Å². The van der Waals surface area contributed by atoms with Crippen molar-refractivity contribution in [1.29, 1.82) is 0 Å². The second-order valence-electron chi connectivity index (χ2n) is 9.14. The normalized spacial score (nSPS) is 12.3. The lowest BCUT2D eigenvalue weighted by atomic mass is 10.1. The van der Waals surface area contributed by atoms with E-state index >= 15 is 0 Å². The first-order valence-electron chi connectivity index (χ1n) is 11.9. The van der Waals surface area contributed by atoms with Gasteiger partial charge in [-0.15, -0.1) is 0 Å². The summed E-state index contributed by atoms with van der Waals surface area (Å²) in [4.78, 5) is 27.9. The molecule has 1 atom stereocenters. The van der Waals surface area contributed by atoms with Crippen molar-refractivity contribution in [2.75, 3.05) is 17.1 Å². The summed E-state index contributed by atoms with van der Waals surface area (Å²) in [6, 6.07) is 11.6. The summed E-state index contributed by atoms with van der Waals surface area (Å²) in [5.74, 6) is -0.483. The molecule has 0 spiro atoms. The lowest BCUT2D eigenvalue weighted by Gasteiger charge is -2.31. The van der Waals surface area contributed by atoms with Crippen LogP contribution in [0.3, 0.4) is 0 Å². The molecule has 10 heteroatoms. The van der Waals surface area contributed by atoms with Gasteiger partial charge < -0.3 is 10.2 Å². The topological polar surface area (TPSA) is 86.8 Å². The molecule has 0 bridgehead atoms. The molecule has 2 amide bonds. The Labute approximate surface area is 224 Å². The second kappa shape index (κ2) is 13.3. The summed E-state index contributed by atoms with van der Waals surface area (Å²) in [5, 5.41) is 3.66. The van der Waals surface area contributed by atoms with E-state index in [1.165, 1.54) is 9.21 Å². The van der Waals surface area contributed by atoms with Crippen LogP contribution < -0.4 is 9.62 Å². The molecule has 0 aliphatic heterocycles. The molecular weight excluding hydrogens is 521 g/mol. The molecule has 36 heavy (non-hydrogen) atoms. The average molecular weight is 557 g/mol. The van der Waals surface area contributed by atoms with Crippen molar-refractivity contribution in [3.8, 4) is 0 Å². The maximum Gasteiger partial charge on any atom is 0.243 e. The van der Waals surface area contributed by atoms with Crippen LogP contribution in [0.25, 0.3) is 0 Å². The number of carbonyl (C=O) groups excluding carboxylic acids is 2. The van der Waals surface area contributed by atoms with Crippen LogP contribution in [0.1, 0.15) is 51.2 Å². The molecule has 2 aromatic rings. The van der Waals surface area contributed by atoms with Crippen LogP contribution in [-0.4, -0.2) is 50.0 Å². The number of benzene rings is 2. The van der Waals surface area contributed by atoms with Crippen LogP contribution in [0, 0.1) is 6.92 Å². The minimum Gasteiger partial charge on any atom is -0.352 e. The van der Waals surface area contributed by atoms with Gasteiger partial charge in [-0.1, -0.05) is 48.3 Å². The monoisotopic (exact) mass is 555 g/mol. The third-order valence-electron chi connectivity index (χ3n) is 5.60. The van der Waals surface area contributed by atoms with E-state index in [-0.39, 0.29) is 37.4 Å². The quantitative estimate of drug-likeness (QED) is 0.391. The Morgan fingerprint density at radius 3 is 2.31 bits per heavy atom. The Balaban J connectivity index is 2.24. The summed E-state index contributed by atoms with van der Waals surface area (Å²) in [6.07, 6.45) is 1.94. The van der Waals surface area contributed by atoms with Crippen molar-refractivity contribution in [2.45, 2.75) is 65.6 Å². The number of nitrogens with zero attached hydrogens (tertiary/aromatic N) is 2. The Bertz CT molecular complexity index is 1170. The summed E-state index contributed by atoms with van der Waals surface area (Å²) >= 11 is 12.2. The predicted octanol–water partition coefficient (Wildman–Crippen LogP) is 5.18. The maximum atomic E-state index is 13.4. The predicted molar refractivity (Wildman–Crippen MR) is 147 cm³/mol. The van der Waals surface area contributed by atoms with Gasteiger partial charge in [0.05, 0.1) is 22.0 Å². The van der Waals surface area contributed by atoms with Gasteiger partial charge in [-0.05, 0) is 69.0 Å². The van der Waals surface area contributed by atoms with Gasteiger partial charge in [0.1, 0.15) is 6.04 Å². The van der Waals surface area contributed by atoms with E-state index < -0.39 is 16.1 Å². The number of sulfonamides is 1. The van der Waals surface area contributed by atoms with Gasteiger partial charge in [-0.3, -0.25) is 13.9 Å². The minimum atomic E-state index is -3.54. The van der Waals surface area contributed by atoms with E-state index in [0.29, 0.717) is 28.6 Å². The molecular formula is C26H35Cl2N3O4S. The van der Waals surface area contributed by atoms with Crippen molar-refractivity contribution in [3.05, 3.63) is 63.6 Å². The highest BCUT2D eigenvalue weighted by atomic mass is 35.5. The fraction of sp³-hybridized carbons (Fsp3) is 0.462. The van der Waals surface area contributed by atoms with Gasteiger partial charge in [0.15, 0.2) is 0 Å². The Morgan fingerprint density at radius 2 is 1.75 bits per heavy atom. The van der Waals surface area contributed by atoms with Gasteiger partial charge in [-0.25, -0.2) is 8.42 Å². The summed E-state index contributed by atoms with van der Waals surface area (Å²) in [6.45, 7) is 7.78. The molecule has 0 aliphatic rings. The summed E-state index contributed by atoms with van der Waals surface area (Å²) in [5.41, 5.74) is 2.23. The molecule has 0 fully saturated rings. The van der Waals surface area contributed by atoms with E-state index in [1.807, 2.05) is 33.8 Å². The molecule has 1 N–H and O–H groups in total. The smallest absolute Gasteiger partial charge is 0.243 e. The molecule has 198 valence electrons. The standard InChI is InChI=1S/C26H35Cl2N3O4S/c1-6-24(26(33)29-18(2)3)30(17-20-12-13-22(27)23(28)16-20)25(32)11-8-14-31(36(5,34)35)21-10-7-9-19(4)15-21/h7,9-10,12-13,15-16,18,24H,6,8,11,14,17H2,1-5H3,(H,29,33)/t24-/m1/s1. The fourth-order valence-electron chi connectivity index (χ4n) is 3.92. The molecule has 0 unspecified atom stereocenters. The first kappa shape index (κ1) is 29.9. The van der Waals surface area contributed by atoms with Crippen molar-refractivity contribution in [2.24, 2.45) is 0 Å². The number of rotatable bonds is 12. The van der Waals surface area contributed by atoms with E-state index in [2.05, 4.69) is 5.32 Å². The van der Waals surface area contributed by atoms with Crippen LogP contribution in [0.5, 0.6) is 0 Å². The first-order chi connectivity index (χ1) is 16.8. The zero-order valence-electron chi connectivity index (χ0n) is 21.4. The molecule has 0 saturated heterocycles. The number of amides is 2. The van der Waals surface area contributed by atoms with Crippen LogP contribution in [-0.2, 0) is 26.2 Å². The largest absolute Gasteiger partial charge is 0.352 e. The summed E-state index contributed by atoms with van der Waals surface area (Å²) in [7, 11) is -3.54. The number of carbonyl (C=O) groups is 2. The van der Waals surface area contributed by atoms with Crippen molar-refractivity contribution in [1.82, 2.24) is 10.2 Å². The number of nitrogens with one attached hydrogen (secondary N) is 1. The molecule has 0 aromatic heterocycles. The third kappa shape index (κ3) is 8.68. The summed E-state index contributed by atoms with van der Waals surface area (Å²) < 4.78 is 26.2. The fourth-order valence-corrected chi connectivity index (χ4v) is 5.20. The second-order valence-corrected chi connectivity index (χ2v) is 11.9. The van der Waals surface area contributed by atoms with Crippen LogP contribution in [0.2, 0.25) is 10.0 Å². The molecule has 2 aromatic carbocycles. The van der Waals surface area contributed by atoms with Gasteiger partial charge >= 0.3 is 0 Å². The highest BCUT2D eigenvalue weighted by molar-refractivity contribution is 7.92. The molecule has 0 aliphatic carbocycles. The van der Waals surface area contributed by atoms with Crippen LogP contribution in [0.15, 0.2) is 42.5 Å². The zero-order chi connectivity index (χ0) is 27.0. The van der Waals surface area contributed by atoms with E-state index in [0.717, 1.165) is 17.4 Å². The third-order valence-corrected chi connectivity index (χ3v) is 7.53. The average Bonchev–Trinajstić information content (AvgIpc) is 2.77. The highest BCUT2D eigenvalue weighted by Gasteiger charge is 2.29.